The minimum atomic E-state index is -0.363. The molecule has 0 aliphatic heterocycles. The van der Waals surface area contributed by atoms with Crippen LogP contribution in [0.15, 0.2) is 54.6 Å². The number of ether oxygens (including phenoxy) is 1. The second kappa shape index (κ2) is 10.5. The largest absolute Gasteiger partial charge is 0.455 e. The Balaban J connectivity index is 1.87. The molecule has 0 saturated carbocycles. The molecule has 2 atom stereocenters. The van der Waals surface area contributed by atoms with Crippen LogP contribution in [-0.2, 0) is 20.9 Å². The average molecular weight is 383 g/mol. The van der Waals surface area contributed by atoms with Crippen molar-refractivity contribution in [1.82, 2.24) is 5.32 Å². The summed E-state index contributed by atoms with van der Waals surface area (Å²) in [5.74, 6) is -0.891. The van der Waals surface area contributed by atoms with Crippen LogP contribution in [0.25, 0.3) is 0 Å². The SMILES string of the molecule is CC[C@H](C)[C@H](C(=O)OCC(=O)NCc1ccc(N(C)C)cc1)c1ccccc1. The Kier molecular flexibility index (Phi) is 8.05. The van der Waals surface area contributed by atoms with Crippen LogP contribution < -0.4 is 10.2 Å². The van der Waals surface area contributed by atoms with Gasteiger partial charge in [0, 0.05) is 26.3 Å². The van der Waals surface area contributed by atoms with Crippen LogP contribution >= 0.6 is 0 Å². The van der Waals surface area contributed by atoms with Crippen molar-refractivity contribution in [3.63, 3.8) is 0 Å². The fourth-order valence-electron chi connectivity index (χ4n) is 2.98. The van der Waals surface area contributed by atoms with E-state index in [2.05, 4.69) is 5.32 Å². The third-order valence-corrected chi connectivity index (χ3v) is 4.91. The molecule has 0 bridgehead atoms. The van der Waals surface area contributed by atoms with E-state index in [0.29, 0.717) is 6.54 Å². The number of anilines is 1. The number of benzene rings is 2. The summed E-state index contributed by atoms with van der Waals surface area (Å²) in [5, 5.41) is 2.80. The number of hydrogen-bond acceptors (Lipinski definition) is 4. The smallest absolute Gasteiger partial charge is 0.314 e. The Labute approximate surface area is 167 Å². The number of nitrogens with one attached hydrogen (secondary N) is 1. The van der Waals surface area contributed by atoms with Gasteiger partial charge in [-0.3, -0.25) is 9.59 Å². The maximum absolute atomic E-state index is 12.6. The second-order valence-corrected chi connectivity index (χ2v) is 7.22. The normalized spacial score (nSPS) is 12.7. The van der Waals surface area contributed by atoms with E-state index in [-0.39, 0.29) is 30.3 Å². The van der Waals surface area contributed by atoms with Crippen LogP contribution in [0, 0.1) is 5.92 Å². The van der Waals surface area contributed by atoms with Gasteiger partial charge in [-0.25, -0.2) is 0 Å². The molecule has 0 aromatic heterocycles. The van der Waals surface area contributed by atoms with Gasteiger partial charge < -0.3 is 15.0 Å². The Bertz CT molecular complexity index is 757. The van der Waals surface area contributed by atoms with Crippen molar-refractivity contribution in [1.29, 1.82) is 0 Å². The highest BCUT2D eigenvalue weighted by molar-refractivity contribution is 5.83. The van der Waals surface area contributed by atoms with Gasteiger partial charge in [-0.15, -0.1) is 0 Å². The van der Waals surface area contributed by atoms with E-state index in [1.54, 1.807) is 0 Å². The maximum Gasteiger partial charge on any atom is 0.314 e. The van der Waals surface area contributed by atoms with Crippen molar-refractivity contribution in [2.45, 2.75) is 32.7 Å². The molecule has 28 heavy (non-hydrogen) atoms. The fraction of sp³-hybridized carbons (Fsp3) is 0.391. The molecule has 5 heteroatoms. The Morgan fingerprint density at radius 3 is 2.25 bits per heavy atom. The highest BCUT2D eigenvalue weighted by Crippen LogP contribution is 2.28. The van der Waals surface area contributed by atoms with Crippen LogP contribution in [0.3, 0.4) is 0 Å². The van der Waals surface area contributed by atoms with E-state index < -0.39 is 0 Å². The monoisotopic (exact) mass is 382 g/mol. The summed E-state index contributed by atoms with van der Waals surface area (Å²) in [5.41, 5.74) is 3.01. The van der Waals surface area contributed by atoms with Gasteiger partial charge in [0.05, 0.1) is 5.92 Å². The summed E-state index contributed by atoms with van der Waals surface area (Å²) in [6.45, 7) is 4.20. The number of esters is 1. The number of amides is 1. The van der Waals surface area contributed by atoms with E-state index in [9.17, 15) is 9.59 Å². The van der Waals surface area contributed by atoms with Crippen molar-refractivity contribution in [2.24, 2.45) is 5.92 Å². The lowest BCUT2D eigenvalue weighted by Crippen LogP contribution is -2.30. The van der Waals surface area contributed by atoms with E-state index in [4.69, 9.17) is 4.74 Å². The van der Waals surface area contributed by atoms with Crippen LogP contribution in [0.5, 0.6) is 0 Å². The number of carbonyl (C=O) groups excluding carboxylic acids is 2. The van der Waals surface area contributed by atoms with Crippen molar-refractivity contribution in [2.75, 3.05) is 25.6 Å². The van der Waals surface area contributed by atoms with Crippen LogP contribution in [0.2, 0.25) is 0 Å². The zero-order chi connectivity index (χ0) is 20.5. The number of nitrogens with zero attached hydrogens (tertiary/aromatic N) is 1. The fourth-order valence-corrected chi connectivity index (χ4v) is 2.98. The Morgan fingerprint density at radius 1 is 1.04 bits per heavy atom. The van der Waals surface area contributed by atoms with Crippen molar-refractivity contribution < 1.29 is 14.3 Å². The number of hydrogen-bond donors (Lipinski definition) is 1. The van der Waals surface area contributed by atoms with E-state index in [0.717, 1.165) is 23.2 Å². The van der Waals surface area contributed by atoms with Gasteiger partial charge in [0.25, 0.3) is 5.91 Å². The third kappa shape index (κ3) is 6.12. The first-order valence-electron chi connectivity index (χ1n) is 9.67. The molecule has 1 amide bonds. The van der Waals surface area contributed by atoms with Gasteiger partial charge in [-0.1, -0.05) is 62.7 Å². The third-order valence-electron chi connectivity index (χ3n) is 4.91. The second-order valence-electron chi connectivity index (χ2n) is 7.22. The molecular formula is C23H30N2O3. The summed E-state index contributed by atoms with van der Waals surface area (Å²) < 4.78 is 5.32. The summed E-state index contributed by atoms with van der Waals surface area (Å²) in [7, 11) is 3.96. The zero-order valence-electron chi connectivity index (χ0n) is 17.1. The summed E-state index contributed by atoms with van der Waals surface area (Å²) in [6.07, 6.45) is 0.851. The first kappa shape index (κ1) is 21.5. The molecule has 2 aromatic rings. The minimum Gasteiger partial charge on any atom is -0.455 e. The molecule has 0 spiro atoms. The molecular weight excluding hydrogens is 352 g/mol. The average Bonchev–Trinajstić information content (AvgIpc) is 2.71. The lowest BCUT2D eigenvalue weighted by molar-refractivity contribution is -0.151. The maximum atomic E-state index is 12.6. The molecule has 150 valence electrons. The number of carbonyl (C=O) groups is 2. The van der Waals surface area contributed by atoms with Crippen molar-refractivity contribution >= 4 is 17.6 Å². The highest BCUT2D eigenvalue weighted by atomic mass is 16.5. The van der Waals surface area contributed by atoms with Gasteiger partial charge in [-0.2, -0.15) is 0 Å². The van der Waals surface area contributed by atoms with E-state index >= 15 is 0 Å². The lowest BCUT2D eigenvalue weighted by Gasteiger charge is -2.21. The molecule has 0 aliphatic carbocycles. The van der Waals surface area contributed by atoms with Gasteiger partial charge in [0.2, 0.25) is 0 Å². The Morgan fingerprint density at radius 2 is 1.68 bits per heavy atom. The standard InChI is InChI=1S/C23H30N2O3/c1-5-17(2)22(19-9-7-6-8-10-19)23(27)28-16-21(26)24-15-18-11-13-20(14-12-18)25(3)4/h6-14,17,22H,5,15-16H2,1-4H3,(H,24,26)/t17-,22-/m0/s1. The molecule has 0 heterocycles. The van der Waals surface area contributed by atoms with Crippen LogP contribution in [0.1, 0.15) is 37.3 Å². The zero-order valence-corrected chi connectivity index (χ0v) is 17.1. The van der Waals surface area contributed by atoms with E-state index in [1.165, 1.54) is 0 Å². The quantitative estimate of drug-likeness (QED) is 0.671. The molecule has 2 aromatic carbocycles. The van der Waals surface area contributed by atoms with Crippen molar-refractivity contribution in [3.8, 4) is 0 Å². The van der Waals surface area contributed by atoms with Gasteiger partial charge >= 0.3 is 5.97 Å². The topological polar surface area (TPSA) is 58.6 Å². The van der Waals surface area contributed by atoms with Crippen molar-refractivity contribution in [3.05, 3.63) is 65.7 Å². The molecule has 0 saturated heterocycles. The van der Waals surface area contributed by atoms with Crippen LogP contribution in [0.4, 0.5) is 5.69 Å². The predicted octanol–water partition coefficient (Wildman–Crippen LogP) is 3.74. The number of rotatable bonds is 9. The molecule has 0 fully saturated rings. The molecule has 5 nitrogen and oxygen atoms in total. The van der Waals surface area contributed by atoms with Gasteiger partial charge in [0.15, 0.2) is 6.61 Å². The predicted molar refractivity (Wildman–Crippen MR) is 112 cm³/mol. The van der Waals surface area contributed by atoms with Gasteiger partial charge in [0.1, 0.15) is 0 Å². The lowest BCUT2D eigenvalue weighted by atomic mass is 9.86. The molecule has 0 aliphatic rings. The first-order valence-corrected chi connectivity index (χ1v) is 9.67. The minimum absolute atomic E-state index is 0.133. The summed E-state index contributed by atoms with van der Waals surface area (Å²) >= 11 is 0. The molecule has 0 radical (unpaired) electrons. The van der Waals surface area contributed by atoms with E-state index in [1.807, 2.05) is 87.4 Å². The molecule has 1 N–H and O–H groups in total. The highest BCUT2D eigenvalue weighted by Gasteiger charge is 2.27. The molecule has 2 rings (SSSR count). The summed E-state index contributed by atoms with van der Waals surface area (Å²) in [6, 6.07) is 17.5. The van der Waals surface area contributed by atoms with Crippen LogP contribution in [-0.4, -0.2) is 32.6 Å². The van der Waals surface area contributed by atoms with Gasteiger partial charge in [-0.05, 0) is 29.2 Å². The summed E-state index contributed by atoms with van der Waals surface area (Å²) in [4.78, 5) is 26.7. The first-order chi connectivity index (χ1) is 13.4. The Hall–Kier alpha value is -2.82. The molecule has 0 unspecified atom stereocenters.